The number of anilines is 2. The third-order valence-electron chi connectivity index (χ3n) is 2.85. The molecule has 0 heterocycles. The van der Waals surface area contributed by atoms with Gasteiger partial charge in [0.05, 0.1) is 11.4 Å². The van der Waals surface area contributed by atoms with Crippen molar-refractivity contribution in [1.82, 2.24) is 0 Å². The van der Waals surface area contributed by atoms with Crippen LogP contribution in [0.3, 0.4) is 0 Å². The van der Waals surface area contributed by atoms with E-state index >= 15 is 0 Å². The van der Waals surface area contributed by atoms with E-state index in [0.29, 0.717) is 5.69 Å². The molecular formula is C15H16N2O4S. The first-order chi connectivity index (χ1) is 10.3. The number of nitrogens with one attached hydrogen (secondary N) is 1. The Morgan fingerprint density at radius 3 is 2.32 bits per heavy atom. The van der Waals surface area contributed by atoms with Gasteiger partial charge in [-0.15, -0.1) is 0 Å². The van der Waals surface area contributed by atoms with Gasteiger partial charge in [-0.1, -0.05) is 17.7 Å². The molecular weight excluding hydrogens is 304 g/mol. The summed E-state index contributed by atoms with van der Waals surface area (Å²) >= 11 is 0. The molecule has 0 aliphatic heterocycles. The van der Waals surface area contributed by atoms with Crippen molar-refractivity contribution in [1.29, 1.82) is 0 Å². The van der Waals surface area contributed by atoms with Crippen LogP contribution < -0.4 is 15.2 Å². The molecule has 0 aliphatic carbocycles. The van der Waals surface area contributed by atoms with E-state index in [4.69, 9.17) is 9.92 Å². The molecule has 2 rings (SSSR count). The Labute approximate surface area is 129 Å². The zero-order valence-electron chi connectivity index (χ0n) is 12.2. The number of rotatable bonds is 4. The first-order valence-electron chi connectivity index (χ1n) is 6.46. The minimum Gasteiger partial charge on any atom is -0.397 e. The lowest BCUT2D eigenvalue weighted by Gasteiger charge is -2.10. The van der Waals surface area contributed by atoms with Crippen molar-refractivity contribution in [2.75, 3.05) is 11.1 Å². The molecule has 0 spiro atoms. The summed E-state index contributed by atoms with van der Waals surface area (Å²) in [6.07, 6.45) is 0. The van der Waals surface area contributed by atoms with E-state index in [1.165, 1.54) is 25.1 Å². The second-order valence-electron chi connectivity index (χ2n) is 4.78. The maximum absolute atomic E-state index is 12.2. The van der Waals surface area contributed by atoms with Crippen molar-refractivity contribution in [3.8, 4) is 5.75 Å². The third-order valence-corrected chi connectivity index (χ3v) is 4.09. The van der Waals surface area contributed by atoms with Crippen LogP contribution in [0.15, 0.2) is 47.4 Å². The van der Waals surface area contributed by atoms with Gasteiger partial charge in [-0.05, 0) is 37.3 Å². The van der Waals surface area contributed by atoms with Crippen LogP contribution in [0, 0.1) is 6.92 Å². The van der Waals surface area contributed by atoms with Crippen molar-refractivity contribution in [2.45, 2.75) is 18.7 Å². The summed E-state index contributed by atoms with van der Waals surface area (Å²) in [5, 5.41) is 2.51. The van der Waals surface area contributed by atoms with Crippen LogP contribution in [0.4, 0.5) is 11.4 Å². The Morgan fingerprint density at radius 2 is 1.77 bits per heavy atom. The molecule has 2 aromatic rings. The van der Waals surface area contributed by atoms with Crippen molar-refractivity contribution in [2.24, 2.45) is 0 Å². The van der Waals surface area contributed by atoms with E-state index in [-0.39, 0.29) is 22.2 Å². The Balaban J connectivity index is 2.27. The quantitative estimate of drug-likeness (QED) is 0.665. The number of nitrogen functional groups attached to an aromatic ring is 1. The highest BCUT2D eigenvalue weighted by Gasteiger charge is 2.18. The van der Waals surface area contributed by atoms with Gasteiger partial charge in [0.2, 0.25) is 5.91 Å². The molecule has 0 radical (unpaired) electrons. The summed E-state index contributed by atoms with van der Waals surface area (Å²) < 4.78 is 29.5. The van der Waals surface area contributed by atoms with Crippen molar-refractivity contribution in [3.63, 3.8) is 0 Å². The topological polar surface area (TPSA) is 98.5 Å². The van der Waals surface area contributed by atoms with Gasteiger partial charge in [0.15, 0.2) is 0 Å². The van der Waals surface area contributed by atoms with Crippen LogP contribution in [0.25, 0.3) is 0 Å². The standard InChI is InChI=1S/C15H16N2O4S/c1-10-3-5-12(6-4-10)21-22(19,20)13-7-8-15(14(16)9-13)17-11(2)18/h3-9H,16H2,1-2H3,(H,17,18). The van der Waals surface area contributed by atoms with E-state index in [1.807, 2.05) is 6.92 Å². The highest BCUT2D eigenvalue weighted by Crippen LogP contribution is 2.25. The van der Waals surface area contributed by atoms with Crippen LogP contribution >= 0.6 is 0 Å². The molecule has 0 aliphatic rings. The fraction of sp³-hybridized carbons (Fsp3) is 0.133. The Bertz CT molecular complexity index is 799. The fourth-order valence-corrected chi connectivity index (χ4v) is 2.74. The van der Waals surface area contributed by atoms with Crippen LogP contribution in [0.5, 0.6) is 5.75 Å². The smallest absolute Gasteiger partial charge is 0.339 e. The van der Waals surface area contributed by atoms with Gasteiger partial charge < -0.3 is 15.2 Å². The number of aryl methyl sites for hydroxylation is 1. The molecule has 0 bridgehead atoms. The zero-order chi connectivity index (χ0) is 16.3. The summed E-state index contributed by atoms with van der Waals surface area (Å²) in [6, 6.07) is 10.6. The number of carbonyl (C=O) groups is 1. The summed E-state index contributed by atoms with van der Waals surface area (Å²) in [5.41, 5.74) is 7.23. The second kappa shape index (κ2) is 6.07. The van der Waals surface area contributed by atoms with Gasteiger partial charge in [-0.3, -0.25) is 4.79 Å². The SMILES string of the molecule is CC(=O)Nc1ccc(S(=O)(=O)Oc2ccc(C)cc2)cc1N. The lowest BCUT2D eigenvalue weighted by molar-refractivity contribution is -0.114. The fourth-order valence-electron chi connectivity index (χ4n) is 1.77. The largest absolute Gasteiger partial charge is 0.397 e. The first kappa shape index (κ1) is 15.8. The number of benzene rings is 2. The lowest BCUT2D eigenvalue weighted by Crippen LogP contribution is -2.12. The van der Waals surface area contributed by atoms with Gasteiger partial charge in [0.25, 0.3) is 0 Å². The summed E-state index contributed by atoms with van der Waals surface area (Å²) in [4.78, 5) is 10.9. The van der Waals surface area contributed by atoms with E-state index in [1.54, 1.807) is 24.3 Å². The maximum atomic E-state index is 12.2. The number of amides is 1. The molecule has 6 nitrogen and oxygen atoms in total. The molecule has 0 aromatic heterocycles. The van der Waals surface area contributed by atoms with Gasteiger partial charge >= 0.3 is 10.1 Å². The molecule has 3 N–H and O–H groups in total. The predicted octanol–water partition coefficient (Wildman–Crippen LogP) is 2.30. The Hall–Kier alpha value is -2.54. The van der Waals surface area contributed by atoms with Crippen LogP contribution in [-0.4, -0.2) is 14.3 Å². The Morgan fingerprint density at radius 1 is 1.14 bits per heavy atom. The molecule has 22 heavy (non-hydrogen) atoms. The summed E-state index contributed by atoms with van der Waals surface area (Å²) in [5.74, 6) is -0.0756. The number of nitrogens with two attached hydrogens (primary N) is 1. The molecule has 0 saturated carbocycles. The molecule has 116 valence electrons. The number of hydrogen-bond acceptors (Lipinski definition) is 5. The maximum Gasteiger partial charge on any atom is 0.339 e. The first-order valence-corrected chi connectivity index (χ1v) is 7.87. The molecule has 7 heteroatoms. The van der Waals surface area contributed by atoms with Gasteiger partial charge in [-0.25, -0.2) is 0 Å². The van der Waals surface area contributed by atoms with Gasteiger partial charge in [-0.2, -0.15) is 8.42 Å². The Kier molecular flexibility index (Phi) is 4.37. The average Bonchev–Trinajstić information content (AvgIpc) is 2.43. The van der Waals surface area contributed by atoms with Crippen molar-refractivity contribution < 1.29 is 17.4 Å². The van der Waals surface area contributed by atoms with Crippen LogP contribution in [-0.2, 0) is 14.9 Å². The average molecular weight is 320 g/mol. The van der Waals surface area contributed by atoms with E-state index in [9.17, 15) is 13.2 Å². The lowest BCUT2D eigenvalue weighted by atomic mass is 10.2. The molecule has 1 amide bonds. The summed E-state index contributed by atoms with van der Waals surface area (Å²) in [7, 11) is -3.99. The molecule has 0 unspecified atom stereocenters. The minimum atomic E-state index is -3.99. The van der Waals surface area contributed by atoms with Gasteiger partial charge in [0.1, 0.15) is 10.6 Å². The van der Waals surface area contributed by atoms with Crippen molar-refractivity contribution >= 4 is 27.4 Å². The second-order valence-corrected chi connectivity index (χ2v) is 6.33. The highest BCUT2D eigenvalue weighted by molar-refractivity contribution is 7.87. The normalized spacial score (nSPS) is 11.0. The highest BCUT2D eigenvalue weighted by atomic mass is 32.2. The van der Waals surface area contributed by atoms with Gasteiger partial charge in [0, 0.05) is 6.92 Å². The molecule has 2 aromatic carbocycles. The minimum absolute atomic E-state index is 0.0836. The number of hydrogen-bond donors (Lipinski definition) is 2. The third kappa shape index (κ3) is 3.76. The summed E-state index contributed by atoms with van der Waals surface area (Å²) in [6.45, 7) is 3.23. The zero-order valence-corrected chi connectivity index (χ0v) is 13.0. The van der Waals surface area contributed by atoms with Crippen LogP contribution in [0.2, 0.25) is 0 Å². The molecule has 0 atom stereocenters. The molecule has 0 fully saturated rings. The van der Waals surface area contributed by atoms with Crippen LogP contribution in [0.1, 0.15) is 12.5 Å². The van der Waals surface area contributed by atoms with E-state index in [0.717, 1.165) is 5.56 Å². The van der Waals surface area contributed by atoms with Crippen molar-refractivity contribution in [3.05, 3.63) is 48.0 Å². The monoisotopic (exact) mass is 320 g/mol. The van der Waals surface area contributed by atoms with E-state index in [2.05, 4.69) is 5.32 Å². The predicted molar refractivity (Wildman–Crippen MR) is 84.2 cm³/mol. The number of carbonyl (C=O) groups excluding carboxylic acids is 1. The van der Waals surface area contributed by atoms with E-state index < -0.39 is 10.1 Å². The molecule has 0 saturated heterocycles.